The Hall–Kier alpha value is -0.927. The van der Waals surface area contributed by atoms with Crippen molar-refractivity contribution in [2.24, 2.45) is 0 Å². The smallest absolute Gasteiger partial charge is 1.00 e. The number of ether oxygens (including phenoxy) is 2. The fourth-order valence-electron chi connectivity index (χ4n) is 4.95. The molecule has 0 aliphatic carbocycles. The van der Waals surface area contributed by atoms with Crippen molar-refractivity contribution in [3.05, 3.63) is 84.9 Å². The molecule has 0 spiro atoms. The molecule has 59 heavy (non-hydrogen) atoms. The second-order valence-corrected chi connectivity index (χ2v) is 14.1. The van der Waals surface area contributed by atoms with Crippen LogP contribution < -0.4 is 118 Å². The van der Waals surface area contributed by atoms with Crippen molar-refractivity contribution in [3.63, 3.8) is 0 Å². The summed E-state index contributed by atoms with van der Waals surface area (Å²) in [7, 11) is 0. The number of carbonyl (C=O) groups is 1. The molecule has 0 aliphatic heterocycles. The van der Waals surface area contributed by atoms with Gasteiger partial charge in [-0.2, -0.15) is 0 Å². The standard InChI is InChI=1S/C23H27Cl2NO3.C13H9NO3.C5H10BrCl.CH2O3.2K.H/c24-13-3-1-5-15-27-19-9-7-18(8-10-19)23-26-21-12-11-20(17-22(21)29-23)28-16-6-2-4-14-25;15-9-3-1-8(2-4-9)13-14-11-6-5-10(16)7-12(11)17-13;6-4-2-1-3-5-7;2-1-4-3;;;/h7-12,17H,1-6,13-16H2;1-7,15-16H;1-5H2;1,3H;;;/q;;;;2*+1;-1/p-1. The molecule has 0 saturated carbocycles. The van der Waals surface area contributed by atoms with Crippen LogP contribution in [0.5, 0.6) is 23.0 Å². The number of nitrogens with zero attached hydrogens (tertiary/aromatic N) is 2. The normalized spacial score (nSPS) is 10.1. The number of aromatic nitrogens is 2. The number of carbonyl (C=O) groups excluding carboxylic acids is 1. The zero-order valence-corrected chi connectivity index (χ0v) is 43.5. The Morgan fingerprint density at radius 1 is 0.610 bits per heavy atom. The minimum Gasteiger partial charge on any atom is -1.00 e. The van der Waals surface area contributed by atoms with E-state index >= 15 is 0 Å². The van der Waals surface area contributed by atoms with Gasteiger partial charge in [-0.15, -0.1) is 34.8 Å². The van der Waals surface area contributed by atoms with Gasteiger partial charge in [0.05, 0.1) is 13.2 Å². The molecule has 6 aromatic rings. The molecule has 0 bridgehead atoms. The molecule has 0 atom stereocenters. The third-order valence-corrected chi connectivity index (χ3v) is 9.21. The van der Waals surface area contributed by atoms with Crippen LogP contribution >= 0.6 is 50.7 Å². The minimum absolute atomic E-state index is 0. The van der Waals surface area contributed by atoms with Gasteiger partial charge in [0.1, 0.15) is 34.0 Å². The number of unbranched alkanes of at least 4 members (excludes halogenated alkanes) is 6. The molecule has 0 aliphatic rings. The second-order valence-electron chi connectivity index (χ2n) is 12.2. The van der Waals surface area contributed by atoms with Gasteiger partial charge in [0.25, 0.3) is 6.47 Å². The van der Waals surface area contributed by atoms with Gasteiger partial charge < -0.3 is 40.1 Å². The molecule has 17 heteroatoms. The maximum atomic E-state index is 9.33. The monoisotopic (exact) mass is 986 g/mol. The number of hydrogen-bond donors (Lipinski definition) is 2. The van der Waals surface area contributed by atoms with Crippen LogP contribution in [0.1, 0.15) is 59.2 Å². The van der Waals surface area contributed by atoms with Crippen LogP contribution in [-0.2, 0) is 9.68 Å². The van der Waals surface area contributed by atoms with Crippen molar-refractivity contribution >= 4 is 79.4 Å². The average Bonchev–Trinajstić information content (AvgIpc) is 3.86. The molecule has 11 nitrogen and oxygen atoms in total. The van der Waals surface area contributed by atoms with E-state index in [0.717, 1.165) is 89.9 Å². The number of hydrogen-bond acceptors (Lipinski definition) is 11. The van der Waals surface area contributed by atoms with Gasteiger partial charge in [0.15, 0.2) is 11.2 Å². The Morgan fingerprint density at radius 2 is 1.03 bits per heavy atom. The number of benzene rings is 4. The predicted octanol–water partition coefficient (Wildman–Crippen LogP) is 5.32. The van der Waals surface area contributed by atoms with E-state index in [4.69, 9.17) is 63.2 Å². The number of aromatic hydroxyl groups is 2. The predicted molar refractivity (Wildman–Crippen MR) is 229 cm³/mol. The minimum atomic E-state index is -0.181. The molecule has 0 unspecified atom stereocenters. The maximum Gasteiger partial charge on any atom is 1.00 e. The van der Waals surface area contributed by atoms with Gasteiger partial charge in [-0.25, -0.2) is 9.97 Å². The van der Waals surface area contributed by atoms with Crippen molar-refractivity contribution in [3.8, 4) is 45.9 Å². The summed E-state index contributed by atoms with van der Waals surface area (Å²) in [6, 6.07) is 24.9. The molecule has 0 fully saturated rings. The van der Waals surface area contributed by atoms with Crippen LogP contribution in [0, 0.1) is 0 Å². The van der Waals surface area contributed by atoms with E-state index < -0.39 is 0 Å². The number of phenols is 2. The number of phenolic OH excluding ortho intramolecular Hbond substituents is 2. The summed E-state index contributed by atoms with van der Waals surface area (Å²) >= 11 is 20.1. The van der Waals surface area contributed by atoms with E-state index in [1.54, 1.807) is 36.4 Å². The SMILES string of the molecule is ClCCCCCBr.ClCCCCCOc1ccc(-c2nc3ccc(OCCCCCCl)cc3o2)cc1.O=CO[O-].Oc1ccc(-c2nc3ccc(O)cc3o2)cc1.[H-].[K+].[K+]. The Labute approximate surface area is 455 Å². The third-order valence-electron chi connectivity index (χ3n) is 7.85. The summed E-state index contributed by atoms with van der Waals surface area (Å²) in [4.78, 5) is 20.1. The summed E-state index contributed by atoms with van der Waals surface area (Å²) in [5.74, 6) is 5.26. The first kappa shape index (κ1) is 56.1. The summed E-state index contributed by atoms with van der Waals surface area (Å²) in [6.07, 6.45) is 9.89. The molecule has 0 radical (unpaired) electrons. The van der Waals surface area contributed by atoms with Crippen molar-refractivity contribution in [1.29, 1.82) is 0 Å². The van der Waals surface area contributed by atoms with Crippen LogP contribution in [0.3, 0.4) is 0 Å². The van der Waals surface area contributed by atoms with E-state index in [1.165, 1.54) is 18.9 Å². The molecule has 4 aromatic carbocycles. The van der Waals surface area contributed by atoms with Gasteiger partial charge in [-0.3, -0.25) is 4.79 Å². The number of rotatable bonds is 19. The van der Waals surface area contributed by atoms with Crippen molar-refractivity contribution < 1.29 is 148 Å². The second kappa shape index (κ2) is 34.5. The molecule has 2 heterocycles. The van der Waals surface area contributed by atoms with E-state index in [-0.39, 0.29) is 122 Å². The molecule has 2 N–H and O–H groups in total. The van der Waals surface area contributed by atoms with Gasteiger partial charge in [0, 0.05) is 46.2 Å². The number of fused-ring (bicyclic) bond motifs is 2. The first-order valence-corrected chi connectivity index (χ1v) is 21.2. The zero-order chi connectivity index (χ0) is 41.1. The number of alkyl halides is 4. The summed E-state index contributed by atoms with van der Waals surface area (Å²) < 4.78 is 23.0. The Bertz CT molecular complexity index is 1990. The third kappa shape index (κ3) is 22.3. The van der Waals surface area contributed by atoms with E-state index in [1.807, 2.05) is 42.5 Å². The molecule has 6 rings (SSSR count). The van der Waals surface area contributed by atoms with Crippen molar-refractivity contribution in [1.82, 2.24) is 9.97 Å². The van der Waals surface area contributed by atoms with Crippen molar-refractivity contribution in [2.75, 3.05) is 36.2 Å². The first-order chi connectivity index (χ1) is 27.8. The molecular formula is C42H48BrCl3K2N2O9. The van der Waals surface area contributed by atoms with Crippen LogP contribution in [-0.4, -0.2) is 62.8 Å². The molecule has 0 amide bonds. The fraction of sp³-hybridized carbons (Fsp3) is 0.357. The van der Waals surface area contributed by atoms with Crippen LogP contribution in [0.25, 0.3) is 45.1 Å². The molecule has 0 saturated heterocycles. The fourth-order valence-corrected chi connectivity index (χ4v) is 5.91. The largest absolute Gasteiger partial charge is 1.00 e. The zero-order valence-electron chi connectivity index (χ0n) is 34.4. The van der Waals surface area contributed by atoms with E-state index in [0.29, 0.717) is 47.9 Å². The van der Waals surface area contributed by atoms with Crippen LogP contribution in [0.4, 0.5) is 0 Å². The molecule has 2 aromatic heterocycles. The van der Waals surface area contributed by atoms with Crippen LogP contribution in [0.2, 0.25) is 0 Å². The van der Waals surface area contributed by atoms with E-state index in [9.17, 15) is 10.2 Å². The number of oxazole rings is 2. The van der Waals surface area contributed by atoms with Gasteiger partial charge in [0.2, 0.25) is 11.8 Å². The first-order valence-electron chi connectivity index (χ1n) is 18.5. The number of halogens is 4. The van der Waals surface area contributed by atoms with Crippen molar-refractivity contribution in [2.45, 2.75) is 57.8 Å². The summed E-state index contributed by atoms with van der Waals surface area (Å²) in [6.45, 7) is 1.20. The van der Waals surface area contributed by atoms with Gasteiger partial charge >= 0.3 is 103 Å². The van der Waals surface area contributed by atoms with Gasteiger partial charge in [-0.05, 0) is 124 Å². The Kier molecular flexibility index (Phi) is 32.8. The topological polar surface area (TPSA) is 160 Å². The van der Waals surface area contributed by atoms with Crippen LogP contribution in [0.15, 0.2) is 93.8 Å². The average molecular weight is 989 g/mol. The Balaban J connectivity index is 0.000000949. The van der Waals surface area contributed by atoms with E-state index in [2.05, 4.69) is 30.8 Å². The molecular weight excluding hydrogens is 941 g/mol. The van der Waals surface area contributed by atoms with Gasteiger partial charge in [-0.1, -0.05) is 22.4 Å². The maximum absolute atomic E-state index is 9.33. The quantitative estimate of drug-likeness (QED) is 0.0270. The summed E-state index contributed by atoms with van der Waals surface area (Å²) in [5, 5.41) is 28.1. The summed E-state index contributed by atoms with van der Waals surface area (Å²) in [5.41, 5.74) is 4.45. The molecule has 310 valence electrons. The Morgan fingerprint density at radius 3 is 1.53 bits per heavy atom.